The highest BCUT2D eigenvalue weighted by Crippen LogP contribution is 2.23. The number of carbonyl (C=O) groups excluding carboxylic acids is 2. The van der Waals surface area contributed by atoms with Crippen molar-refractivity contribution in [3.05, 3.63) is 28.2 Å². The van der Waals surface area contributed by atoms with Crippen molar-refractivity contribution in [2.75, 3.05) is 20.8 Å². The average Bonchev–Trinajstić information content (AvgIpc) is 2.38. The second-order valence-corrected chi connectivity index (χ2v) is 4.37. The van der Waals surface area contributed by atoms with Crippen LogP contribution in [0, 0.1) is 0 Å². The molecule has 0 spiro atoms. The van der Waals surface area contributed by atoms with Crippen LogP contribution in [0.15, 0.2) is 22.7 Å². The molecule has 0 aliphatic heterocycles. The number of nitrogens with one attached hydrogen (secondary N) is 1. The van der Waals surface area contributed by atoms with Crippen molar-refractivity contribution >= 4 is 27.8 Å². The monoisotopic (exact) mass is 315 g/mol. The molecule has 1 amide bonds. The number of hydrogen-bond donors (Lipinski definition) is 1. The van der Waals surface area contributed by atoms with Crippen molar-refractivity contribution in [3.63, 3.8) is 0 Å². The van der Waals surface area contributed by atoms with E-state index in [1.165, 1.54) is 7.11 Å². The molecule has 0 saturated carbocycles. The zero-order valence-corrected chi connectivity index (χ0v) is 11.7. The van der Waals surface area contributed by atoms with Crippen molar-refractivity contribution in [2.24, 2.45) is 0 Å². The van der Waals surface area contributed by atoms with Crippen molar-refractivity contribution in [1.29, 1.82) is 0 Å². The van der Waals surface area contributed by atoms with Crippen LogP contribution in [0.25, 0.3) is 0 Å². The lowest BCUT2D eigenvalue weighted by Gasteiger charge is -2.09. The fraction of sp³-hybridized carbons (Fsp3) is 0.333. The first-order valence-corrected chi connectivity index (χ1v) is 6.06. The van der Waals surface area contributed by atoms with Crippen LogP contribution in [0.1, 0.15) is 5.56 Å². The number of rotatable bonds is 4. The largest absolute Gasteiger partial charge is 0.496 e. The van der Waals surface area contributed by atoms with Crippen LogP contribution >= 0.6 is 15.9 Å². The van der Waals surface area contributed by atoms with Crippen LogP contribution in [-0.2, 0) is 20.7 Å². The minimum absolute atomic E-state index is 0.334. The van der Waals surface area contributed by atoms with Gasteiger partial charge in [-0.3, -0.25) is 4.79 Å². The number of esters is 1. The highest BCUT2D eigenvalue weighted by atomic mass is 79.9. The number of amides is 1. The van der Waals surface area contributed by atoms with Gasteiger partial charge in [0.25, 0.3) is 0 Å². The molecular formula is C12H14BrNO4. The first-order valence-electron chi connectivity index (χ1n) is 5.27. The summed E-state index contributed by atoms with van der Waals surface area (Å²) in [6.45, 7) is 0.334. The predicted molar refractivity (Wildman–Crippen MR) is 69.4 cm³/mol. The van der Waals surface area contributed by atoms with Gasteiger partial charge in [-0.15, -0.1) is 0 Å². The Bertz CT molecular complexity index is 448. The Morgan fingerprint density at radius 1 is 1.33 bits per heavy atom. The summed E-state index contributed by atoms with van der Waals surface area (Å²) in [5.41, 5.74) is 0.942. The Morgan fingerprint density at radius 2 is 2.06 bits per heavy atom. The van der Waals surface area contributed by atoms with Crippen molar-refractivity contribution in [3.8, 4) is 5.75 Å². The fourth-order valence-corrected chi connectivity index (χ4v) is 1.83. The molecule has 1 N–H and O–H groups in total. The molecule has 0 radical (unpaired) electrons. The summed E-state index contributed by atoms with van der Waals surface area (Å²) in [5.74, 6) is -0.895. The van der Waals surface area contributed by atoms with E-state index in [2.05, 4.69) is 26.0 Å². The molecule has 1 rings (SSSR count). The van der Waals surface area contributed by atoms with Gasteiger partial charge in [0.15, 0.2) is 0 Å². The van der Waals surface area contributed by atoms with Gasteiger partial charge in [0.05, 0.1) is 14.2 Å². The molecule has 0 saturated heterocycles. The third kappa shape index (κ3) is 4.03. The maximum atomic E-state index is 11.2. The lowest BCUT2D eigenvalue weighted by molar-refractivity contribution is -0.152. The maximum absolute atomic E-state index is 11.2. The van der Waals surface area contributed by atoms with Crippen molar-refractivity contribution in [2.45, 2.75) is 6.42 Å². The molecule has 6 heteroatoms. The topological polar surface area (TPSA) is 64.6 Å². The van der Waals surface area contributed by atoms with Gasteiger partial charge in [0, 0.05) is 11.0 Å². The Labute approximate surface area is 114 Å². The highest BCUT2D eigenvalue weighted by molar-refractivity contribution is 9.10. The number of ether oxygens (including phenoxy) is 2. The molecule has 0 unspecified atom stereocenters. The molecule has 0 aromatic heterocycles. The summed E-state index contributed by atoms with van der Waals surface area (Å²) in [6, 6.07) is 5.61. The average molecular weight is 316 g/mol. The molecular weight excluding hydrogens is 302 g/mol. The SMILES string of the molecule is COC(=O)C(=O)NCCc1cc(Br)ccc1OC. The van der Waals surface area contributed by atoms with E-state index in [1.807, 2.05) is 18.2 Å². The summed E-state index contributed by atoms with van der Waals surface area (Å²) in [7, 11) is 2.75. The molecule has 18 heavy (non-hydrogen) atoms. The minimum atomic E-state index is -0.892. The lowest BCUT2D eigenvalue weighted by atomic mass is 10.1. The molecule has 5 nitrogen and oxygen atoms in total. The van der Waals surface area contributed by atoms with E-state index in [0.717, 1.165) is 15.8 Å². The van der Waals surface area contributed by atoms with Crippen LogP contribution in [0.3, 0.4) is 0 Å². The van der Waals surface area contributed by atoms with E-state index in [-0.39, 0.29) is 0 Å². The Hall–Kier alpha value is -1.56. The first kappa shape index (κ1) is 14.5. The van der Waals surface area contributed by atoms with Crippen LogP contribution < -0.4 is 10.1 Å². The zero-order chi connectivity index (χ0) is 13.5. The summed E-state index contributed by atoms with van der Waals surface area (Å²) in [5, 5.41) is 2.47. The molecule has 0 aliphatic carbocycles. The van der Waals surface area contributed by atoms with Gasteiger partial charge in [-0.2, -0.15) is 0 Å². The van der Waals surface area contributed by atoms with Crippen LogP contribution in [-0.4, -0.2) is 32.6 Å². The van der Waals surface area contributed by atoms with E-state index in [9.17, 15) is 9.59 Å². The van der Waals surface area contributed by atoms with E-state index in [0.29, 0.717) is 13.0 Å². The third-order valence-corrected chi connectivity index (χ3v) is 2.79. The Morgan fingerprint density at radius 3 is 2.67 bits per heavy atom. The van der Waals surface area contributed by atoms with Gasteiger partial charge < -0.3 is 14.8 Å². The second kappa shape index (κ2) is 7.00. The highest BCUT2D eigenvalue weighted by Gasteiger charge is 2.12. The number of methoxy groups -OCH3 is 2. The number of carbonyl (C=O) groups is 2. The molecule has 0 atom stereocenters. The molecule has 1 aromatic carbocycles. The number of benzene rings is 1. The van der Waals surface area contributed by atoms with Crippen molar-refractivity contribution in [1.82, 2.24) is 5.32 Å². The lowest BCUT2D eigenvalue weighted by Crippen LogP contribution is -2.33. The van der Waals surface area contributed by atoms with Crippen molar-refractivity contribution < 1.29 is 19.1 Å². The molecule has 0 aliphatic rings. The number of hydrogen-bond acceptors (Lipinski definition) is 4. The van der Waals surface area contributed by atoms with E-state index >= 15 is 0 Å². The summed E-state index contributed by atoms with van der Waals surface area (Å²) in [4.78, 5) is 22.0. The summed E-state index contributed by atoms with van der Waals surface area (Å²) < 4.78 is 10.4. The molecule has 0 heterocycles. The van der Waals surface area contributed by atoms with Gasteiger partial charge in [-0.1, -0.05) is 15.9 Å². The van der Waals surface area contributed by atoms with Gasteiger partial charge in [0.2, 0.25) is 0 Å². The van der Waals surface area contributed by atoms with Crippen LogP contribution in [0.5, 0.6) is 5.75 Å². The predicted octanol–water partition coefficient (Wildman–Crippen LogP) is 1.29. The Kier molecular flexibility index (Phi) is 5.64. The van der Waals surface area contributed by atoms with Gasteiger partial charge in [-0.05, 0) is 30.2 Å². The normalized spacial score (nSPS) is 9.72. The second-order valence-electron chi connectivity index (χ2n) is 3.45. The van der Waals surface area contributed by atoms with Crippen LogP contribution in [0.2, 0.25) is 0 Å². The Balaban J connectivity index is 2.56. The molecule has 0 bridgehead atoms. The zero-order valence-electron chi connectivity index (χ0n) is 10.2. The summed E-state index contributed by atoms with van der Waals surface area (Å²) in [6.07, 6.45) is 0.561. The summed E-state index contributed by atoms with van der Waals surface area (Å²) >= 11 is 3.36. The van der Waals surface area contributed by atoms with Gasteiger partial charge >= 0.3 is 11.9 Å². The smallest absolute Gasteiger partial charge is 0.396 e. The third-order valence-electron chi connectivity index (χ3n) is 2.29. The fourth-order valence-electron chi connectivity index (χ4n) is 1.42. The van der Waals surface area contributed by atoms with Gasteiger partial charge in [-0.25, -0.2) is 4.79 Å². The molecule has 98 valence electrons. The van der Waals surface area contributed by atoms with Crippen LogP contribution in [0.4, 0.5) is 0 Å². The molecule has 0 fully saturated rings. The maximum Gasteiger partial charge on any atom is 0.396 e. The van der Waals surface area contributed by atoms with E-state index in [1.54, 1.807) is 7.11 Å². The quantitative estimate of drug-likeness (QED) is 0.671. The van der Waals surface area contributed by atoms with E-state index in [4.69, 9.17) is 4.74 Å². The molecule has 1 aromatic rings. The number of halogens is 1. The van der Waals surface area contributed by atoms with Gasteiger partial charge in [0.1, 0.15) is 5.75 Å². The minimum Gasteiger partial charge on any atom is -0.496 e. The standard InChI is InChI=1S/C12H14BrNO4/c1-17-10-4-3-9(13)7-8(10)5-6-14-11(15)12(16)18-2/h3-4,7H,5-6H2,1-2H3,(H,14,15). The van der Waals surface area contributed by atoms with E-state index < -0.39 is 11.9 Å². The first-order chi connectivity index (χ1) is 8.58.